The number of hydrogen-bond acceptors (Lipinski definition) is 3. The van der Waals surface area contributed by atoms with Crippen LogP contribution in [0.25, 0.3) is 0 Å². The van der Waals surface area contributed by atoms with E-state index in [2.05, 4.69) is 15.9 Å². The summed E-state index contributed by atoms with van der Waals surface area (Å²) in [6.45, 7) is 0.330. The maximum absolute atomic E-state index is 12.5. The van der Waals surface area contributed by atoms with Crippen LogP contribution in [0.3, 0.4) is 0 Å². The molecule has 2 N–H and O–H groups in total. The number of carbonyl (C=O) groups excluding carboxylic acids is 1. The fourth-order valence-corrected chi connectivity index (χ4v) is 2.90. The second kappa shape index (κ2) is 5.84. The number of carbonyl (C=O) groups is 1. The summed E-state index contributed by atoms with van der Waals surface area (Å²) < 4.78 is 5.57. The van der Waals surface area contributed by atoms with Crippen LogP contribution >= 0.6 is 28.1 Å². The second-order valence-electron chi connectivity index (χ2n) is 4.45. The van der Waals surface area contributed by atoms with Crippen LogP contribution in [0.1, 0.15) is 36.0 Å². The van der Waals surface area contributed by atoms with Gasteiger partial charge in [0.05, 0.1) is 23.4 Å². The van der Waals surface area contributed by atoms with Crippen molar-refractivity contribution in [2.45, 2.75) is 31.7 Å². The average Bonchev–Trinajstić information content (AvgIpc) is 2.95. The number of halogens is 1. The average molecular weight is 331 g/mol. The summed E-state index contributed by atoms with van der Waals surface area (Å²) in [4.78, 5) is 14.6. The third-order valence-corrected chi connectivity index (χ3v) is 3.94. The van der Waals surface area contributed by atoms with E-state index in [-0.39, 0.29) is 11.9 Å². The van der Waals surface area contributed by atoms with Crippen LogP contribution in [-0.4, -0.2) is 28.4 Å². The van der Waals surface area contributed by atoms with E-state index in [1.807, 2.05) is 0 Å². The van der Waals surface area contributed by atoms with E-state index in [4.69, 9.17) is 22.4 Å². The zero-order valence-electron chi connectivity index (χ0n) is 9.89. The van der Waals surface area contributed by atoms with Gasteiger partial charge in [-0.25, -0.2) is 0 Å². The minimum atomic E-state index is -0.0738. The third-order valence-electron chi connectivity index (χ3n) is 3.20. The molecule has 0 unspecified atom stereocenters. The number of hydrogen-bond donors (Lipinski definition) is 1. The highest BCUT2D eigenvalue weighted by molar-refractivity contribution is 9.10. The van der Waals surface area contributed by atoms with Gasteiger partial charge in [0.25, 0.3) is 5.91 Å². The van der Waals surface area contributed by atoms with Crippen molar-refractivity contribution in [1.29, 1.82) is 0 Å². The molecule has 0 saturated heterocycles. The first-order chi connectivity index (χ1) is 8.59. The molecule has 0 radical (unpaired) electrons. The number of rotatable bonds is 4. The molecule has 1 amide bonds. The standard InChI is InChI=1S/C12H15BrN2O2S/c13-11-9(5-6-17-11)12(16)15(7-10(14)18)8-3-1-2-4-8/h5-6,8H,1-4,7H2,(H2,14,18). The van der Waals surface area contributed by atoms with Gasteiger partial charge in [-0.2, -0.15) is 0 Å². The van der Waals surface area contributed by atoms with Gasteiger partial charge in [-0.15, -0.1) is 0 Å². The molecule has 0 bridgehead atoms. The minimum absolute atomic E-state index is 0.0738. The molecule has 0 atom stereocenters. The Labute approximate surface area is 120 Å². The van der Waals surface area contributed by atoms with Crippen molar-refractivity contribution in [2.24, 2.45) is 5.73 Å². The Morgan fingerprint density at radius 1 is 1.56 bits per heavy atom. The SMILES string of the molecule is NC(=S)CN(C(=O)c1ccoc1Br)C1CCCC1. The topological polar surface area (TPSA) is 59.5 Å². The van der Waals surface area contributed by atoms with Crippen molar-refractivity contribution in [2.75, 3.05) is 6.54 Å². The molecule has 2 rings (SSSR count). The van der Waals surface area contributed by atoms with Gasteiger partial charge in [-0.05, 0) is 34.8 Å². The Hall–Kier alpha value is -0.880. The summed E-state index contributed by atoms with van der Waals surface area (Å²) >= 11 is 8.17. The lowest BCUT2D eigenvalue weighted by molar-refractivity contribution is 0.0712. The molecule has 4 nitrogen and oxygen atoms in total. The lowest BCUT2D eigenvalue weighted by Crippen LogP contribution is -2.43. The van der Waals surface area contributed by atoms with Crippen LogP contribution in [0.2, 0.25) is 0 Å². The van der Waals surface area contributed by atoms with Crippen LogP contribution in [0.4, 0.5) is 0 Å². The molecular weight excluding hydrogens is 316 g/mol. The summed E-state index contributed by atoms with van der Waals surface area (Å²) in [7, 11) is 0. The lowest BCUT2D eigenvalue weighted by Gasteiger charge is -2.28. The van der Waals surface area contributed by atoms with Gasteiger partial charge >= 0.3 is 0 Å². The first-order valence-corrected chi connectivity index (χ1v) is 7.12. The van der Waals surface area contributed by atoms with E-state index < -0.39 is 0 Å². The Kier molecular flexibility index (Phi) is 4.40. The Morgan fingerprint density at radius 3 is 2.72 bits per heavy atom. The van der Waals surface area contributed by atoms with Gasteiger partial charge in [0.15, 0.2) is 4.67 Å². The van der Waals surface area contributed by atoms with Crippen LogP contribution in [-0.2, 0) is 0 Å². The van der Waals surface area contributed by atoms with Crippen molar-refractivity contribution >= 4 is 39.0 Å². The predicted molar refractivity (Wildman–Crippen MR) is 76.5 cm³/mol. The first kappa shape index (κ1) is 13.5. The molecule has 1 heterocycles. The van der Waals surface area contributed by atoms with E-state index in [9.17, 15) is 4.79 Å². The van der Waals surface area contributed by atoms with E-state index >= 15 is 0 Å². The van der Waals surface area contributed by atoms with Crippen molar-refractivity contribution in [3.8, 4) is 0 Å². The third kappa shape index (κ3) is 2.92. The van der Waals surface area contributed by atoms with Crippen molar-refractivity contribution in [3.63, 3.8) is 0 Å². The first-order valence-electron chi connectivity index (χ1n) is 5.92. The molecule has 0 aliphatic heterocycles. The summed E-state index contributed by atoms with van der Waals surface area (Å²) in [5.41, 5.74) is 6.12. The van der Waals surface area contributed by atoms with Gasteiger partial charge in [-0.3, -0.25) is 4.79 Å². The van der Waals surface area contributed by atoms with Gasteiger partial charge < -0.3 is 15.1 Å². The number of nitrogens with two attached hydrogens (primary N) is 1. The zero-order valence-corrected chi connectivity index (χ0v) is 12.3. The van der Waals surface area contributed by atoms with Crippen LogP contribution in [0.15, 0.2) is 21.4 Å². The lowest BCUT2D eigenvalue weighted by atomic mass is 10.1. The summed E-state index contributed by atoms with van der Waals surface area (Å²) in [5, 5.41) is 0. The summed E-state index contributed by atoms with van der Waals surface area (Å²) in [6, 6.07) is 1.90. The molecule has 1 saturated carbocycles. The minimum Gasteiger partial charge on any atom is -0.457 e. The smallest absolute Gasteiger partial charge is 0.258 e. The zero-order chi connectivity index (χ0) is 13.1. The van der Waals surface area contributed by atoms with Crippen molar-refractivity contribution in [3.05, 3.63) is 22.6 Å². The van der Waals surface area contributed by atoms with Crippen LogP contribution < -0.4 is 5.73 Å². The van der Waals surface area contributed by atoms with E-state index in [1.54, 1.807) is 11.0 Å². The van der Waals surface area contributed by atoms with Crippen LogP contribution in [0.5, 0.6) is 0 Å². The van der Waals surface area contributed by atoms with E-state index in [0.717, 1.165) is 25.7 Å². The molecule has 18 heavy (non-hydrogen) atoms. The molecule has 1 aromatic rings. The highest BCUT2D eigenvalue weighted by atomic mass is 79.9. The van der Waals surface area contributed by atoms with Gasteiger partial charge in [-0.1, -0.05) is 25.1 Å². The van der Waals surface area contributed by atoms with Gasteiger partial charge in [0.2, 0.25) is 0 Å². The van der Waals surface area contributed by atoms with Gasteiger partial charge in [0.1, 0.15) is 0 Å². The largest absolute Gasteiger partial charge is 0.457 e. The molecule has 6 heteroatoms. The molecular formula is C12H15BrN2O2S. The quantitative estimate of drug-likeness (QED) is 0.862. The van der Waals surface area contributed by atoms with Crippen LogP contribution in [0, 0.1) is 0 Å². The fourth-order valence-electron chi connectivity index (χ4n) is 2.35. The second-order valence-corrected chi connectivity index (χ2v) is 5.69. The van der Waals surface area contributed by atoms with Crippen molar-refractivity contribution in [1.82, 2.24) is 4.90 Å². The predicted octanol–water partition coefficient (Wildman–Crippen LogP) is 2.71. The number of nitrogens with zero attached hydrogens (tertiary/aromatic N) is 1. The molecule has 0 aromatic carbocycles. The highest BCUT2D eigenvalue weighted by Crippen LogP contribution is 2.27. The Balaban J connectivity index is 2.20. The number of furan rings is 1. The molecule has 0 spiro atoms. The highest BCUT2D eigenvalue weighted by Gasteiger charge is 2.29. The summed E-state index contributed by atoms with van der Waals surface area (Å²) in [5.74, 6) is -0.0738. The normalized spacial score (nSPS) is 15.8. The number of thiocarbonyl (C=S) groups is 1. The summed E-state index contributed by atoms with van der Waals surface area (Å²) in [6.07, 6.45) is 5.83. The number of amides is 1. The van der Waals surface area contributed by atoms with E-state index in [0.29, 0.717) is 21.8 Å². The fraction of sp³-hybridized carbons (Fsp3) is 0.500. The molecule has 1 aliphatic carbocycles. The monoisotopic (exact) mass is 330 g/mol. The van der Waals surface area contributed by atoms with E-state index in [1.165, 1.54) is 6.26 Å². The maximum atomic E-state index is 12.5. The molecule has 1 aliphatic rings. The Bertz CT molecular complexity index is 455. The molecule has 1 aromatic heterocycles. The maximum Gasteiger partial charge on any atom is 0.258 e. The van der Waals surface area contributed by atoms with Crippen molar-refractivity contribution < 1.29 is 9.21 Å². The molecule has 1 fully saturated rings. The van der Waals surface area contributed by atoms with Gasteiger partial charge in [0, 0.05) is 6.04 Å². The molecule has 98 valence electrons. The Morgan fingerprint density at radius 2 is 2.22 bits per heavy atom.